The number of hydrogen-bond donors (Lipinski definition) is 2. The minimum atomic E-state index is -0.244. The zero-order valence-corrected chi connectivity index (χ0v) is 18.7. The van der Waals surface area contributed by atoms with Gasteiger partial charge in [0.05, 0.1) is 18.6 Å². The van der Waals surface area contributed by atoms with Crippen molar-refractivity contribution in [3.05, 3.63) is 89.0 Å². The molecule has 2 N–H and O–H groups in total. The minimum Gasteiger partial charge on any atom is -0.495 e. The van der Waals surface area contributed by atoms with Crippen LogP contribution >= 0.6 is 11.8 Å². The van der Waals surface area contributed by atoms with Crippen LogP contribution in [0.4, 0.5) is 11.4 Å². The highest BCUT2D eigenvalue weighted by Crippen LogP contribution is 2.24. The fourth-order valence-electron chi connectivity index (χ4n) is 3.05. The molecule has 3 aromatic rings. The summed E-state index contributed by atoms with van der Waals surface area (Å²) in [6, 6.07) is 20.4. The molecule has 2 amide bonds. The molecule has 0 bridgehead atoms. The van der Waals surface area contributed by atoms with Gasteiger partial charge in [-0.05, 0) is 61.4 Å². The first kappa shape index (κ1) is 22.4. The average molecular weight is 435 g/mol. The van der Waals surface area contributed by atoms with Crippen molar-refractivity contribution < 1.29 is 14.3 Å². The smallest absolute Gasteiger partial charge is 0.255 e. The van der Waals surface area contributed by atoms with E-state index in [1.54, 1.807) is 55.3 Å². The lowest BCUT2D eigenvalue weighted by atomic mass is 10.1. The fourth-order valence-corrected chi connectivity index (χ4v) is 3.94. The van der Waals surface area contributed by atoms with E-state index in [0.29, 0.717) is 28.4 Å². The summed E-state index contributed by atoms with van der Waals surface area (Å²) < 4.78 is 5.25. The first-order chi connectivity index (χ1) is 15.0. The summed E-state index contributed by atoms with van der Waals surface area (Å²) in [5.41, 5.74) is 5.47. The number of benzene rings is 3. The third-order valence-corrected chi connectivity index (χ3v) is 5.76. The summed E-state index contributed by atoms with van der Waals surface area (Å²) in [5, 5.41) is 5.71. The van der Waals surface area contributed by atoms with Gasteiger partial charge in [-0.1, -0.05) is 35.9 Å². The van der Waals surface area contributed by atoms with Crippen LogP contribution in [0.15, 0.2) is 66.7 Å². The Labute approximate surface area is 187 Å². The molecule has 0 spiro atoms. The van der Waals surface area contributed by atoms with E-state index < -0.39 is 0 Å². The molecule has 0 radical (unpaired) electrons. The number of carbonyl (C=O) groups excluding carboxylic acids is 2. The maximum absolute atomic E-state index is 12.5. The zero-order valence-electron chi connectivity index (χ0n) is 17.9. The van der Waals surface area contributed by atoms with Crippen LogP contribution < -0.4 is 15.4 Å². The van der Waals surface area contributed by atoms with Crippen molar-refractivity contribution >= 4 is 35.0 Å². The van der Waals surface area contributed by atoms with Crippen LogP contribution in [-0.4, -0.2) is 24.7 Å². The molecule has 0 aliphatic heterocycles. The van der Waals surface area contributed by atoms with E-state index in [0.717, 1.165) is 5.75 Å². The molecule has 0 saturated carbocycles. The summed E-state index contributed by atoms with van der Waals surface area (Å²) in [7, 11) is 1.56. The van der Waals surface area contributed by atoms with Crippen LogP contribution in [0, 0.1) is 13.8 Å². The Bertz CT molecular complexity index is 1060. The average Bonchev–Trinajstić information content (AvgIpc) is 2.77. The maximum atomic E-state index is 12.5. The van der Waals surface area contributed by atoms with Crippen LogP contribution in [0.5, 0.6) is 5.75 Å². The van der Waals surface area contributed by atoms with E-state index in [-0.39, 0.29) is 11.8 Å². The van der Waals surface area contributed by atoms with Gasteiger partial charge < -0.3 is 15.4 Å². The van der Waals surface area contributed by atoms with E-state index in [4.69, 9.17) is 4.74 Å². The lowest BCUT2D eigenvalue weighted by molar-refractivity contribution is -0.113. The highest BCUT2D eigenvalue weighted by Gasteiger charge is 2.10. The number of methoxy groups -OCH3 is 1. The van der Waals surface area contributed by atoms with Gasteiger partial charge in [-0.2, -0.15) is 0 Å². The first-order valence-electron chi connectivity index (χ1n) is 9.94. The zero-order chi connectivity index (χ0) is 22.2. The van der Waals surface area contributed by atoms with Gasteiger partial charge in [0.15, 0.2) is 0 Å². The van der Waals surface area contributed by atoms with Crippen molar-refractivity contribution in [2.24, 2.45) is 0 Å². The Morgan fingerprint density at radius 1 is 0.935 bits per heavy atom. The van der Waals surface area contributed by atoms with Crippen LogP contribution in [0.3, 0.4) is 0 Å². The number of para-hydroxylation sites is 2. The molecular weight excluding hydrogens is 408 g/mol. The molecule has 0 aromatic heterocycles. The Balaban J connectivity index is 1.51. The minimum absolute atomic E-state index is 0.0680. The monoisotopic (exact) mass is 434 g/mol. The highest BCUT2D eigenvalue weighted by molar-refractivity contribution is 7.99. The van der Waals surface area contributed by atoms with Gasteiger partial charge >= 0.3 is 0 Å². The highest BCUT2D eigenvalue weighted by atomic mass is 32.2. The normalized spacial score (nSPS) is 10.4. The number of nitrogens with one attached hydrogen (secondary N) is 2. The van der Waals surface area contributed by atoms with E-state index in [1.807, 2.05) is 12.1 Å². The summed E-state index contributed by atoms with van der Waals surface area (Å²) in [6.07, 6.45) is 0. The molecule has 0 fully saturated rings. The molecular formula is C25H26N2O3S. The molecule has 0 atom stereocenters. The number of thioether (sulfide) groups is 1. The van der Waals surface area contributed by atoms with Crippen LogP contribution in [0.2, 0.25) is 0 Å². The second-order valence-corrected chi connectivity index (χ2v) is 8.19. The fraction of sp³-hybridized carbons (Fsp3) is 0.200. The van der Waals surface area contributed by atoms with Crippen molar-refractivity contribution in [3.63, 3.8) is 0 Å². The molecule has 0 aliphatic rings. The summed E-state index contributed by atoms with van der Waals surface area (Å²) >= 11 is 1.58. The van der Waals surface area contributed by atoms with Gasteiger partial charge in [-0.3, -0.25) is 9.59 Å². The number of hydrogen-bond acceptors (Lipinski definition) is 4. The Kier molecular flexibility index (Phi) is 7.73. The van der Waals surface area contributed by atoms with Gasteiger partial charge in [0.25, 0.3) is 5.91 Å². The van der Waals surface area contributed by atoms with E-state index in [9.17, 15) is 9.59 Å². The number of anilines is 2. The van der Waals surface area contributed by atoms with Crippen molar-refractivity contribution in [3.8, 4) is 5.75 Å². The lowest BCUT2D eigenvalue weighted by Crippen LogP contribution is -2.15. The molecule has 160 valence electrons. The first-order valence-corrected chi connectivity index (χ1v) is 11.1. The summed E-state index contributed by atoms with van der Waals surface area (Å²) in [5.74, 6) is 1.44. The van der Waals surface area contributed by atoms with Crippen molar-refractivity contribution in [2.75, 3.05) is 23.5 Å². The molecule has 0 aliphatic carbocycles. The lowest BCUT2D eigenvalue weighted by Gasteiger charge is -2.10. The van der Waals surface area contributed by atoms with Crippen molar-refractivity contribution in [1.82, 2.24) is 0 Å². The molecule has 0 saturated heterocycles. The summed E-state index contributed by atoms with van der Waals surface area (Å²) in [6.45, 7) is 4.15. The molecule has 5 nitrogen and oxygen atoms in total. The molecule has 3 aromatic carbocycles. The number of ether oxygens (including phenoxy) is 1. The number of aryl methyl sites for hydroxylation is 2. The second-order valence-electron chi connectivity index (χ2n) is 7.20. The predicted molar refractivity (Wildman–Crippen MR) is 128 cm³/mol. The van der Waals surface area contributed by atoms with E-state index >= 15 is 0 Å². The van der Waals surface area contributed by atoms with E-state index in [1.165, 1.54) is 16.7 Å². The van der Waals surface area contributed by atoms with Crippen LogP contribution in [-0.2, 0) is 10.5 Å². The largest absolute Gasteiger partial charge is 0.495 e. The number of rotatable bonds is 8. The van der Waals surface area contributed by atoms with Gasteiger partial charge in [-0.15, -0.1) is 11.8 Å². The van der Waals surface area contributed by atoms with Crippen LogP contribution in [0.25, 0.3) is 0 Å². The Morgan fingerprint density at radius 2 is 1.68 bits per heavy atom. The maximum Gasteiger partial charge on any atom is 0.255 e. The molecule has 6 heteroatoms. The van der Waals surface area contributed by atoms with Gasteiger partial charge in [0.2, 0.25) is 5.91 Å². The quantitative estimate of drug-likeness (QED) is 0.496. The van der Waals surface area contributed by atoms with Crippen LogP contribution in [0.1, 0.15) is 27.0 Å². The van der Waals surface area contributed by atoms with Gasteiger partial charge in [0, 0.05) is 17.0 Å². The van der Waals surface area contributed by atoms with Crippen molar-refractivity contribution in [1.29, 1.82) is 0 Å². The standard InChI is InChI=1S/C25H26N2O3S/c1-17-8-9-18(2)20(14-17)15-31-16-24(28)26-21-12-10-19(11-13-21)25(29)27-22-6-4-5-7-23(22)30-3/h4-14H,15-16H2,1-3H3,(H,26,28)(H,27,29). The SMILES string of the molecule is COc1ccccc1NC(=O)c1ccc(NC(=O)CSCc2cc(C)ccc2C)cc1. The summed E-state index contributed by atoms with van der Waals surface area (Å²) in [4.78, 5) is 24.7. The predicted octanol–water partition coefficient (Wildman–Crippen LogP) is 5.44. The topological polar surface area (TPSA) is 67.4 Å². The van der Waals surface area contributed by atoms with Crippen molar-refractivity contribution in [2.45, 2.75) is 19.6 Å². The van der Waals surface area contributed by atoms with E-state index in [2.05, 4.69) is 42.7 Å². The number of carbonyl (C=O) groups is 2. The third kappa shape index (κ3) is 6.36. The Hall–Kier alpha value is -3.25. The second kappa shape index (κ2) is 10.7. The Morgan fingerprint density at radius 3 is 2.42 bits per heavy atom. The molecule has 31 heavy (non-hydrogen) atoms. The molecule has 0 heterocycles. The molecule has 3 rings (SSSR count). The van der Waals surface area contributed by atoms with Gasteiger partial charge in [0.1, 0.15) is 5.75 Å². The van der Waals surface area contributed by atoms with Gasteiger partial charge in [-0.25, -0.2) is 0 Å². The number of amides is 2. The third-order valence-electron chi connectivity index (χ3n) is 4.78. The molecule has 0 unspecified atom stereocenters.